The Labute approximate surface area is 137 Å². The third kappa shape index (κ3) is 5.19. The Morgan fingerprint density at radius 1 is 1.36 bits per heavy atom. The lowest BCUT2D eigenvalue weighted by molar-refractivity contribution is -0.119. The smallest absolute Gasteiger partial charge is 0.230 e. The quantitative estimate of drug-likeness (QED) is 0.817. The van der Waals surface area contributed by atoms with E-state index in [0.29, 0.717) is 17.1 Å². The van der Waals surface area contributed by atoms with Crippen LogP contribution in [0.25, 0.3) is 0 Å². The van der Waals surface area contributed by atoms with Gasteiger partial charge in [-0.1, -0.05) is 12.1 Å². The first kappa shape index (κ1) is 16.6. The van der Waals surface area contributed by atoms with E-state index in [1.807, 2.05) is 29.0 Å². The molecule has 0 spiro atoms. The summed E-state index contributed by atoms with van der Waals surface area (Å²) in [5.41, 5.74) is 2.54. The number of thioether (sulfide) groups is 1. The molecule has 0 saturated carbocycles. The van der Waals surface area contributed by atoms with E-state index < -0.39 is 6.10 Å². The average Bonchev–Trinajstić information content (AvgIpc) is 3.08. The normalized spacial score (nSPS) is 11.6. The molecule has 6 heteroatoms. The van der Waals surface area contributed by atoms with Crippen molar-refractivity contribution in [3.8, 4) is 6.07 Å². The van der Waals surface area contributed by atoms with E-state index in [1.54, 1.807) is 12.1 Å². The van der Waals surface area contributed by atoms with Gasteiger partial charge in [-0.25, -0.2) is 0 Å². The van der Waals surface area contributed by atoms with Gasteiger partial charge >= 0.3 is 0 Å². The summed E-state index contributed by atoms with van der Waals surface area (Å²) < 4.78 is 0. The highest BCUT2D eigenvalue weighted by molar-refractivity contribution is 7.99. The van der Waals surface area contributed by atoms with E-state index in [1.165, 1.54) is 23.1 Å². The highest BCUT2D eigenvalue weighted by atomic mass is 32.2. The monoisotopic (exact) mass is 332 g/mol. The van der Waals surface area contributed by atoms with Crippen molar-refractivity contribution < 1.29 is 9.90 Å². The molecule has 0 aliphatic rings. The maximum atomic E-state index is 11.7. The number of aliphatic hydroxyl groups is 1. The summed E-state index contributed by atoms with van der Waals surface area (Å²) in [5, 5.41) is 25.1. The molecule has 0 saturated heterocycles. The van der Waals surface area contributed by atoms with Crippen LogP contribution in [0.5, 0.6) is 0 Å². The Balaban J connectivity index is 1.66. The highest BCUT2D eigenvalue weighted by Gasteiger charge is 2.09. The number of benzene rings is 1. The molecule has 1 atom stereocenters. The number of nitrogens with one attached hydrogen (secondary N) is 1. The molecule has 1 aromatic carbocycles. The number of hydrogen-bond donors (Lipinski definition) is 2. The fourth-order valence-corrected chi connectivity index (χ4v) is 3.31. The van der Waals surface area contributed by atoms with E-state index in [-0.39, 0.29) is 12.5 Å². The van der Waals surface area contributed by atoms with Crippen molar-refractivity contribution in [2.45, 2.75) is 11.9 Å². The topological polar surface area (TPSA) is 73.1 Å². The van der Waals surface area contributed by atoms with Gasteiger partial charge in [0.05, 0.1) is 23.5 Å². The molecule has 22 heavy (non-hydrogen) atoms. The third-order valence-corrected chi connectivity index (χ3v) is 4.71. The molecule has 114 valence electrons. The van der Waals surface area contributed by atoms with Gasteiger partial charge in [-0.05, 0) is 40.1 Å². The molecular weight excluding hydrogens is 316 g/mol. The summed E-state index contributed by atoms with van der Waals surface area (Å²) in [6, 6.07) is 11.2. The van der Waals surface area contributed by atoms with Crippen LogP contribution in [0.15, 0.2) is 41.1 Å². The zero-order valence-corrected chi connectivity index (χ0v) is 13.5. The van der Waals surface area contributed by atoms with E-state index in [2.05, 4.69) is 11.4 Å². The van der Waals surface area contributed by atoms with Crippen molar-refractivity contribution in [3.63, 3.8) is 0 Å². The van der Waals surface area contributed by atoms with Gasteiger partial charge in [0.15, 0.2) is 0 Å². The van der Waals surface area contributed by atoms with Crippen LogP contribution in [0.2, 0.25) is 0 Å². The van der Waals surface area contributed by atoms with Crippen LogP contribution in [-0.4, -0.2) is 23.3 Å². The van der Waals surface area contributed by atoms with Gasteiger partial charge in [-0.2, -0.15) is 16.6 Å². The minimum absolute atomic E-state index is 0.0899. The zero-order chi connectivity index (χ0) is 15.8. The van der Waals surface area contributed by atoms with Crippen molar-refractivity contribution in [2.24, 2.45) is 0 Å². The van der Waals surface area contributed by atoms with Crippen molar-refractivity contribution in [1.29, 1.82) is 5.26 Å². The molecule has 0 aliphatic carbocycles. The minimum atomic E-state index is -0.654. The number of hydrogen-bond acceptors (Lipinski definition) is 5. The number of aliphatic hydroxyl groups excluding tert-OH is 1. The zero-order valence-electron chi connectivity index (χ0n) is 11.9. The van der Waals surface area contributed by atoms with Crippen LogP contribution in [0.4, 0.5) is 0 Å². The predicted octanol–water partition coefficient (Wildman–Crippen LogP) is 2.70. The summed E-state index contributed by atoms with van der Waals surface area (Å²) in [6.07, 6.45) is -0.654. The summed E-state index contributed by atoms with van der Waals surface area (Å²) >= 11 is 3.02. The van der Waals surface area contributed by atoms with Crippen LogP contribution >= 0.6 is 23.1 Å². The Morgan fingerprint density at radius 2 is 2.14 bits per heavy atom. The first-order valence-corrected chi connectivity index (χ1v) is 8.82. The van der Waals surface area contributed by atoms with Crippen molar-refractivity contribution >= 4 is 29.0 Å². The lowest BCUT2D eigenvalue weighted by atomic mass is 10.2. The van der Waals surface area contributed by atoms with E-state index in [0.717, 1.165) is 11.1 Å². The number of carbonyl (C=O) groups excluding carboxylic acids is 1. The summed E-state index contributed by atoms with van der Waals surface area (Å²) in [7, 11) is 0. The molecule has 1 heterocycles. The Morgan fingerprint density at radius 3 is 2.77 bits per heavy atom. The van der Waals surface area contributed by atoms with Crippen LogP contribution in [0.1, 0.15) is 22.8 Å². The first-order chi connectivity index (χ1) is 10.7. The molecule has 2 N–H and O–H groups in total. The van der Waals surface area contributed by atoms with Crippen LogP contribution < -0.4 is 5.32 Å². The second-order valence-corrected chi connectivity index (χ2v) is 6.44. The molecule has 0 fully saturated rings. The number of nitrogens with zero attached hydrogens (tertiary/aromatic N) is 1. The second kappa shape index (κ2) is 8.59. The van der Waals surface area contributed by atoms with Crippen LogP contribution in [0.3, 0.4) is 0 Å². The van der Waals surface area contributed by atoms with E-state index >= 15 is 0 Å². The molecule has 4 nitrogen and oxygen atoms in total. The number of amides is 1. The maximum absolute atomic E-state index is 11.7. The molecule has 2 rings (SSSR count). The lowest BCUT2D eigenvalue weighted by Crippen LogP contribution is -2.29. The Kier molecular flexibility index (Phi) is 6.46. The third-order valence-electron chi connectivity index (χ3n) is 3.01. The molecule has 1 unspecified atom stereocenters. The van der Waals surface area contributed by atoms with E-state index in [9.17, 15) is 9.90 Å². The first-order valence-electron chi connectivity index (χ1n) is 6.72. The molecule has 0 bridgehead atoms. The van der Waals surface area contributed by atoms with Crippen molar-refractivity contribution in [2.75, 3.05) is 12.3 Å². The molecule has 0 radical (unpaired) electrons. The van der Waals surface area contributed by atoms with Gasteiger partial charge in [-0.3, -0.25) is 4.79 Å². The van der Waals surface area contributed by atoms with Gasteiger partial charge in [0.2, 0.25) is 5.91 Å². The lowest BCUT2D eigenvalue weighted by Gasteiger charge is -2.10. The Bertz CT molecular complexity index is 633. The predicted molar refractivity (Wildman–Crippen MR) is 89.6 cm³/mol. The second-order valence-electron chi connectivity index (χ2n) is 4.68. The number of nitriles is 1. The van der Waals surface area contributed by atoms with Crippen LogP contribution in [0, 0.1) is 11.3 Å². The largest absolute Gasteiger partial charge is 0.387 e. The molecule has 2 aromatic rings. The number of carbonyl (C=O) groups is 1. The van der Waals surface area contributed by atoms with Gasteiger partial charge < -0.3 is 10.4 Å². The maximum Gasteiger partial charge on any atom is 0.230 e. The minimum Gasteiger partial charge on any atom is -0.387 e. The number of thiophene rings is 1. The summed E-state index contributed by atoms with van der Waals surface area (Å²) in [4.78, 5) is 11.7. The van der Waals surface area contributed by atoms with E-state index in [4.69, 9.17) is 5.26 Å². The summed E-state index contributed by atoms with van der Waals surface area (Å²) in [5.74, 6) is 0.968. The fraction of sp³-hybridized carbons (Fsp3) is 0.250. The van der Waals surface area contributed by atoms with Crippen molar-refractivity contribution in [1.82, 2.24) is 5.32 Å². The average molecular weight is 332 g/mol. The van der Waals surface area contributed by atoms with Gasteiger partial charge in [0, 0.05) is 12.3 Å². The van der Waals surface area contributed by atoms with Gasteiger partial charge in [0.25, 0.3) is 0 Å². The fourth-order valence-electron chi connectivity index (χ4n) is 1.78. The standard InChI is InChI=1S/C16H16N2O2S2/c17-7-12-1-3-13(4-2-12)9-22-11-16(20)18-8-15(19)14-5-6-21-10-14/h1-6,10,15,19H,8-9,11H2,(H,18,20). The SMILES string of the molecule is N#Cc1ccc(CSCC(=O)NCC(O)c2ccsc2)cc1. The highest BCUT2D eigenvalue weighted by Crippen LogP contribution is 2.15. The molecular formula is C16H16N2O2S2. The van der Waals surface area contributed by atoms with Gasteiger partial charge in [-0.15, -0.1) is 11.8 Å². The molecule has 1 aromatic heterocycles. The number of rotatable bonds is 7. The molecule has 0 aliphatic heterocycles. The van der Waals surface area contributed by atoms with Crippen molar-refractivity contribution in [3.05, 3.63) is 57.8 Å². The van der Waals surface area contributed by atoms with Gasteiger partial charge in [0.1, 0.15) is 0 Å². The molecule has 1 amide bonds. The Hall–Kier alpha value is -1.81. The van der Waals surface area contributed by atoms with Crippen LogP contribution in [-0.2, 0) is 10.5 Å². The summed E-state index contributed by atoms with van der Waals surface area (Å²) in [6.45, 7) is 0.229.